The van der Waals surface area contributed by atoms with Gasteiger partial charge < -0.3 is 10.2 Å². The Bertz CT molecular complexity index is 1320. The van der Waals surface area contributed by atoms with Crippen molar-refractivity contribution in [2.45, 2.75) is 30.5 Å². The van der Waals surface area contributed by atoms with Gasteiger partial charge in [0.2, 0.25) is 15.9 Å². The van der Waals surface area contributed by atoms with Crippen molar-refractivity contribution in [3.8, 4) is 0 Å². The zero-order valence-corrected chi connectivity index (χ0v) is 22.6. The highest BCUT2D eigenvalue weighted by Gasteiger charge is 2.32. The molecule has 7 nitrogen and oxygen atoms in total. The van der Waals surface area contributed by atoms with Crippen LogP contribution in [0.2, 0.25) is 0 Å². The Balaban J connectivity index is 1.40. The number of hydrogen-bond donors (Lipinski definition) is 1. The first-order chi connectivity index (χ1) is 17.8. The molecular formula is C28H31N3O4S2. The Morgan fingerprint density at radius 2 is 1.62 bits per heavy atom. The molecule has 0 saturated carbocycles. The highest BCUT2D eigenvalue weighted by atomic mass is 32.2. The summed E-state index contributed by atoms with van der Waals surface area (Å²) in [5, 5.41) is 2.74. The van der Waals surface area contributed by atoms with Crippen molar-refractivity contribution in [2.24, 2.45) is 0 Å². The molecule has 1 heterocycles. The molecule has 1 atom stereocenters. The summed E-state index contributed by atoms with van der Waals surface area (Å²) in [4.78, 5) is 27.4. The summed E-state index contributed by atoms with van der Waals surface area (Å²) < 4.78 is 26.7. The zero-order valence-electron chi connectivity index (χ0n) is 21.0. The summed E-state index contributed by atoms with van der Waals surface area (Å²) in [7, 11) is -3.55. The number of carbonyl (C=O) groups excluding carboxylic acids is 2. The number of hydrogen-bond acceptors (Lipinski definition) is 5. The van der Waals surface area contributed by atoms with Crippen LogP contribution in [0.5, 0.6) is 0 Å². The van der Waals surface area contributed by atoms with E-state index in [4.69, 9.17) is 0 Å². The molecule has 1 N–H and O–H groups in total. The summed E-state index contributed by atoms with van der Waals surface area (Å²) in [5.41, 5.74) is 3.16. The molecule has 3 aromatic carbocycles. The van der Waals surface area contributed by atoms with E-state index in [9.17, 15) is 18.0 Å². The Hall–Kier alpha value is -3.14. The fraction of sp³-hybridized carbons (Fsp3) is 0.286. The molecule has 4 rings (SSSR count). The van der Waals surface area contributed by atoms with Gasteiger partial charge in [0.25, 0.3) is 5.91 Å². The molecule has 0 aromatic heterocycles. The lowest BCUT2D eigenvalue weighted by Crippen LogP contribution is -2.30. The SMILES string of the molecule is CCN(CC)S(=O)(=O)c1ccc(NC(=O)c2ccc(C3SCC(=O)N3CCc3ccccc3)cc2)cc1. The summed E-state index contributed by atoms with van der Waals surface area (Å²) >= 11 is 1.60. The van der Waals surface area contributed by atoms with Gasteiger partial charge in [-0.15, -0.1) is 11.8 Å². The third-order valence-electron chi connectivity index (χ3n) is 6.37. The number of sulfonamides is 1. The second-order valence-corrected chi connectivity index (χ2v) is 11.7. The summed E-state index contributed by atoms with van der Waals surface area (Å²) in [6, 6.07) is 23.6. The Morgan fingerprint density at radius 1 is 0.973 bits per heavy atom. The number of nitrogens with zero attached hydrogens (tertiary/aromatic N) is 2. The maximum absolute atomic E-state index is 12.8. The number of carbonyl (C=O) groups is 2. The minimum Gasteiger partial charge on any atom is -0.326 e. The highest BCUT2D eigenvalue weighted by molar-refractivity contribution is 8.00. The van der Waals surface area contributed by atoms with Gasteiger partial charge in [-0.05, 0) is 53.9 Å². The van der Waals surface area contributed by atoms with Gasteiger partial charge in [-0.25, -0.2) is 8.42 Å². The van der Waals surface area contributed by atoms with E-state index in [1.807, 2.05) is 35.2 Å². The van der Waals surface area contributed by atoms with E-state index in [-0.39, 0.29) is 22.1 Å². The Labute approximate surface area is 222 Å². The first-order valence-corrected chi connectivity index (χ1v) is 14.8. The number of amides is 2. The van der Waals surface area contributed by atoms with Crippen LogP contribution >= 0.6 is 11.8 Å². The van der Waals surface area contributed by atoms with Crippen molar-refractivity contribution in [2.75, 3.05) is 30.7 Å². The summed E-state index contributed by atoms with van der Waals surface area (Å²) in [6.07, 6.45) is 0.791. The maximum atomic E-state index is 12.8. The zero-order chi connectivity index (χ0) is 26.4. The van der Waals surface area contributed by atoms with Gasteiger partial charge >= 0.3 is 0 Å². The molecule has 194 valence electrons. The molecule has 2 amide bonds. The van der Waals surface area contributed by atoms with E-state index >= 15 is 0 Å². The van der Waals surface area contributed by atoms with E-state index in [2.05, 4.69) is 17.4 Å². The second-order valence-electron chi connectivity index (χ2n) is 8.68. The topological polar surface area (TPSA) is 86.8 Å². The van der Waals surface area contributed by atoms with Crippen molar-refractivity contribution in [3.63, 3.8) is 0 Å². The fourth-order valence-corrected chi connectivity index (χ4v) is 6.97. The van der Waals surface area contributed by atoms with Crippen LogP contribution < -0.4 is 5.32 Å². The average molecular weight is 538 g/mol. The van der Waals surface area contributed by atoms with E-state index in [1.165, 1.54) is 22.0 Å². The van der Waals surface area contributed by atoms with E-state index in [0.717, 1.165) is 12.0 Å². The minimum atomic E-state index is -3.55. The Kier molecular flexibility index (Phi) is 8.68. The summed E-state index contributed by atoms with van der Waals surface area (Å²) in [6.45, 7) is 5.03. The maximum Gasteiger partial charge on any atom is 0.255 e. The van der Waals surface area contributed by atoms with Gasteiger partial charge in [0.1, 0.15) is 5.37 Å². The van der Waals surface area contributed by atoms with Crippen LogP contribution in [0, 0.1) is 0 Å². The molecule has 1 aliphatic rings. The molecule has 0 bridgehead atoms. The molecule has 0 spiro atoms. The lowest BCUT2D eigenvalue weighted by Gasteiger charge is -2.24. The molecule has 1 aliphatic heterocycles. The number of benzene rings is 3. The van der Waals surface area contributed by atoms with E-state index in [1.54, 1.807) is 49.9 Å². The lowest BCUT2D eigenvalue weighted by molar-refractivity contribution is -0.128. The van der Waals surface area contributed by atoms with Crippen LogP contribution in [-0.2, 0) is 21.2 Å². The average Bonchev–Trinajstić information content (AvgIpc) is 3.29. The van der Waals surface area contributed by atoms with Gasteiger partial charge in [0, 0.05) is 30.9 Å². The lowest BCUT2D eigenvalue weighted by atomic mass is 10.1. The van der Waals surface area contributed by atoms with Crippen LogP contribution in [0.1, 0.15) is 40.7 Å². The minimum absolute atomic E-state index is 0.0753. The molecule has 9 heteroatoms. The van der Waals surface area contributed by atoms with Crippen LogP contribution in [0.15, 0.2) is 83.8 Å². The van der Waals surface area contributed by atoms with Crippen molar-refractivity contribution >= 4 is 39.3 Å². The van der Waals surface area contributed by atoms with Crippen molar-refractivity contribution < 1.29 is 18.0 Å². The van der Waals surface area contributed by atoms with Crippen molar-refractivity contribution in [1.29, 1.82) is 0 Å². The molecule has 37 heavy (non-hydrogen) atoms. The molecule has 0 aliphatic carbocycles. The summed E-state index contributed by atoms with van der Waals surface area (Å²) in [5.74, 6) is 0.281. The molecule has 1 unspecified atom stereocenters. The quantitative estimate of drug-likeness (QED) is 0.402. The molecule has 3 aromatic rings. The van der Waals surface area contributed by atoms with Crippen LogP contribution in [0.3, 0.4) is 0 Å². The van der Waals surface area contributed by atoms with Gasteiger partial charge in [-0.1, -0.05) is 56.3 Å². The number of thioether (sulfide) groups is 1. The Morgan fingerprint density at radius 3 is 2.24 bits per heavy atom. The molecule has 0 radical (unpaired) electrons. The van der Waals surface area contributed by atoms with Crippen LogP contribution in [0.4, 0.5) is 5.69 Å². The van der Waals surface area contributed by atoms with Gasteiger partial charge in [0.05, 0.1) is 10.6 Å². The smallest absolute Gasteiger partial charge is 0.255 e. The number of rotatable bonds is 10. The monoisotopic (exact) mass is 537 g/mol. The largest absolute Gasteiger partial charge is 0.326 e. The first kappa shape index (κ1) is 26.9. The van der Waals surface area contributed by atoms with Crippen LogP contribution in [0.25, 0.3) is 0 Å². The first-order valence-electron chi connectivity index (χ1n) is 12.3. The standard InChI is InChI=1S/C28H31N3O4S2/c1-3-30(4-2)37(34,35)25-16-14-24(15-17-25)29-27(33)22-10-12-23(13-11-22)28-31(26(32)20-36-28)19-18-21-8-6-5-7-9-21/h5-17,28H,3-4,18-20H2,1-2H3,(H,29,33). The second kappa shape index (κ2) is 11.9. The number of nitrogens with one attached hydrogen (secondary N) is 1. The predicted octanol–water partition coefficient (Wildman–Crippen LogP) is 4.79. The normalized spacial score (nSPS) is 15.8. The molecule has 1 fully saturated rings. The van der Waals surface area contributed by atoms with E-state index in [0.29, 0.717) is 36.6 Å². The number of anilines is 1. The van der Waals surface area contributed by atoms with Gasteiger partial charge in [0.15, 0.2) is 0 Å². The third-order valence-corrected chi connectivity index (χ3v) is 9.69. The van der Waals surface area contributed by atoms with Crippen LogP contribution in [-0.4, -0.2) is 54.8 Å². The fourth-order valence-electron chi connectivity index (χ4n) is 4.29. The van der Waals surface area contributed by atoms with Gasteiger partial charge in [-0.2, -0.15) is 4.31 Å². The van der Waals surface area contributed by atoms with Crippen molar-refractivity contribution in [3.05, 3.63) is 95.6 Å². The molecular weight excluding hydrogens is 506 g/mol. The predicted molar refractivity (Wildman–Crippen MR) is 148 cm³/mol. The van der Waals surface area contributed by atoms with Crippen molar-refractivity contribution in [1.82, 2.24) is 9.21 Å². The van der Waals surface area contributed by atoms with E-state index < -0.39 is 10.0 Å². The third kappa shape index (κ3) is 6.23. The molecule has 1 saturated heterocycles. The highest BCUT2D eigenvalue weighted by Crippen LogP contribution is 2.38. The van der Waals surface area contributed by atoms with Gasteiger partial charge in [-0.3, -0.25) is 9.59 Å².